The van der Waals surface area contributed by atoms with Gasteiger partial charge in [0.25, 0.3) is 11.9 Å². The van der Waals surface area contributed by atoms with Crippen LogP contribution in [0.5, 0.6) is 5.75 Å². The van der Waals surface area contributed by atoms with E-state index in [1.807, 2.05) is 31.2 Å². The van der Waals surface area contributed by atoms with Crippen molar-refractivity contribution in [3.63, 3.8) is 0 Å². The van der Waals surface area contributed by atoms with Gasteiger partial charge < -0.3 is 4.74 Å². The number of hydrogen-bond donors (Lipinski definition) is 1. The number of carbonyl (C=O) groups excluding carboxylic acids is 1. The van der Waals surface area contributed by atoms with Gasteiger partial charge in [0, 0.05) is 0 Å². The van der Waals surface area contributed by atoms with E-state index in [9.17, 15) is 4.79 Å². The van der Waals surface area contributed by atoms with Crippen LogP contribution in [0.15, 0.2) is 24.3 Å². The first-order chi connectivity index (χ1) is 10.4. The summed E-state index contributed by atoms with van der Waals surface area (Å²) in [4.78, 5) is 13.1. The fourth-order valence-electron chi connectivity index (χ4n) is 1.79. The molecule has 0 unspecified atom stereocenters. The molecule has 1 amide bonds. The Morgan fingerprint density at radius 3 is 2.50 bits per heavy atom. The lowest BCUT2D eigenvalue weighted by atomic mass is 9.87. The van der Waals surface area contributed by atoms with Gasteiger partial charge in [0.05, 0.1) is 6.54 Å². The van der Waals surface area contributed by atoms with Gasteiger partial charge in [-0.2, -0.15) is 4.80 Å². The number of nitrogens with one attached hydrogen (secondary N) is 1. The summed E-state index contributed by atoms with van der Waals surface area (Å²) >= 11 is 0. The highest BCUT2D eigenvalue weighted by Crippen LogP contribution is 2.24. The maximum Gasteiger partial charge on any atom is 0.270 e. The van der Waals surface area contributed by atoms with E-state index in [0.29, 0.717) is 12.3 Å². The lowest BCUT2D eigenvalue weighted by Gasteiger charge is -2.19. The molecule has 0 aliphatic rings. The summed E-state index contributed by atoms with van der Waals surface area (Å²) in [6.45, 7) is 8.82. The van der Waals surface area contributed by atoms with E-state index in [0.717, 1.165) is 0 Å². The van der Waals surface area contributed by atoms with Crippen LogP contribution in [0.1, 0.15) is 33.3 Å². The second kappa shape index (κ2) is 6.55. The average molecular weight is 303 g/mol. The van der Waals surface area contributed by atoms with Gasteiger partial charge in [-0.3, -0.25) is 10.1 Å². The van der Waals surface area contributed by atoms with E-state index in [1.165, 1.54) is 10.4 Å². The van der Waals surface area contributed by atoms with E-state index in [2.05, 4.69) is 41.5 Å². The number of amides is 1. The summed E-state index contributed by atoms with van der Waals surface area (Å²) in [5.74, 6) is 0.502. The highest BCUT2D eigenvalue weighted by atomic mass is 16.5. The molecule has 0 bridgehead atoms. The Hall–Kier alpha value is -2.44. The molecular weight excluding hydrogens is 282 g/mol. The summed E-state index contributed by atoms with van der Waals surface area (Å²) in [5, 5.41) is 14.0. The number of benzene rings is 1. The molecule has 1 aromatic heterocycles. The van der Waals surface area contributed by atoms with Crippen LogP contribution in [0.4, 0.5) is 5.95 Å². The molecule has 0 aliphatic heterocycles. The molecule has 2 aromatic rings. The number of ether oxygens (including phenoxy) is 1. The third-order valence-corrected chi connectivity index (χ3v) is 3.08. The van der Waals surface area contributed by atoms with Crippen LogP contribution in [0.2, 0.25) is 0 Å². The van der Waals surface area contributed by atoms with Gasteiger partial charge in [-0.05, 0) is 35.2 Å². The Balaban J connectivity index is 1.85. The molecule has 2 rings (SSSR count). The van der Waals surface area contributed by atoms with Crippen molar-refractivity contribution >= 4 is 11.9 Å². The predicted octanol–water partition coefficient (Wildman–Crippen LogP) is 2.01. The van der Waals surface area contributed by atoms with Crippen LogP contribution < -0.4 is 10.1 Å². The standard InChI is InChI=1S/C15H21N5O2/c1-5-20-18-14(17-19-20)16-13(21)10-22-12-8-6-11(7-9-12)15(2,3)4/h6-9H,5,10H2,1-4H3,(H,16,18,21). The van der Waals surface area contributed by atoms with Gasteiger partial charge in [0.2, 0.25) is 0 Å². The van der Waals surface area contributed by atoms with Gasteiger partial charge in [0.1, 0.15) is 5.75 Å². The SMILES string of the molecule is CCn1nnc(NC(=O)COc2ccc(C(C)(C)C)cc2)n1. The zero-order chi connectivity index (χ0) is 16.2. The highest BCUT2D eigenvalue weighted by Gasteiger charge is 2.13. The van der Waals surface area contributed by atoms with E-state index >= 15 is 0 Å². The molecule has 1 N–H and O–H groups in total. The Morgan fingerprint density at radius 1 is 1.27 bits per heavy atom. The Kier molecular flexibility index (Phi) is 4.75. The molecule has 22 heavy (non-hydrogen) atoms. The Bertz CT molecular complexity index is 628. The smallest absolute Gasteiger partial charge is 0.270 e. The topological polar surface area (TPSA) is 81.9 Å². The van der Waals surface area contributed by atoms with Gasteiger partial charge >= 0.3 is 0 Å². The predicted molar refractivity (Wildman–Crippen MR) is 82.8 cm³/mol. The van der Waals surface area contributed by atoms with Crippen molar-refractivity contribution < 1.29 is 9.53 Å². The second-order valence-electron chi connectivity index (χ2n) is 5.91. The molecule has 0 atom stereocenters. The molecule has 0 saturated heterocycles. The number of nitrogens with zero attached hydrogens (tertiary/aromatic N) is 4. The number of carbonyl (C=O) groups is 1. The number of tetrazole rings is 1. The summed E-state index contributed by atoms with van der Waals surface area (Å²) < 4.78 is 5.45. The monoisotopic (exact) mass is 303 g/mol. The molecule has 1 aromatic carbocycles. The van der Waals surface area contributed by atoms with Crippen LogP contribution in [-0.4, -0.2) is 32.7 Å². The van der Waals surface area contributed by atoms with Crippen LogP contribution in [0, 0.1) is 0 Å². The van der Waals surface area contributed by atoms with Crippen molar-refractivity contribution in [3.05, 3.63) is 29.8 Å². The zero-order valence-corrected chi connectivity index (χ0v) is 13.3. The van der Waals surface area contributed by atoms with Gasteiger partial charge in [0.15, 0.2) is 6.61 Å². The summed E-state index contributed by atoms with van der Waals surface area (Å²) in [5.41, 5.74) is 1.30. The largest absolute Gasteiger partial charge is 0.484 e. The average Bonchev–Trinajstić information content (AvgIpc) is 2.92. The fourth-order valence-corrected chi connectivity index (χ4v) is 1.79. The number of aryl methyl sites for hydroxylation is 1. The van der Waals surface area contributed by atoms with Crippen molar-refractivity contribution in [3.8, 4) is 5.75 Å². The van der Waals surface area contributed by atoms with E-state index < -0.39 is 0 Å². The molecule has 0 fully saturated rings. The van der Waals surface area contributed by atoms with Gasteiger partial charge in [-0.1, -0.05) is 38.0 Å². The number of hydrogen-bond acceptors (Lipinski definition) is 5. The maximum atomic E-state index is 11.8. The number of rotatable bonds is 5. The van der Waals surface area contributed by atoms with E-state index in [-0.39, 0.29) is 23.9 Å². The molecule has 0 aliphatic carbocycles. The van der Waals surface area contributed by atoms with Crippen molar-refractivity contribution in [2.45, 2.75) is 39.7 Å². The third-order valence-electron chi connectivity index (χ3n) is 3.08. The van der Waals surface area contributed by atoms with E-state index in [4.69, 9.17) is 4.74 Å². The van der Waals surface area contributed by atoms with Gasteiger partial charge in [-0.15, -0.1) is 5.10 Å². The summed E-state index contributed by atoms with van der Waals surface area (Å²) in [7, 11) is 0. The van der Waals surface area contributed by atoms with Crippen LogP contribution >= 0.6 is 0 Å². The molecule has 118 valence electrons. The molecule has 0 spiro atoms. The van der Waals surface area contributed by atoms with Crippen LogP contribution in [0.3, 0.4) is 0 Å². The Labute approximate surface area is 129 Å². The van der Waals surface area contributed by atoms with Crippen molar-refractivity contribution in [1.82, 2.24) is 20.2 Å². The molecule has 1 heterocycles. The highest BCUT2D eigenvalue weighted by molar-refractivity contribution is 5.90. The molecule has 7 nitrogen and oxygen atoms in total. The van der Waals surface area contributed by atoms with Gasteiger partial charge in [-0.25, -0.2) is 0 Å². The minimum atomic E-state index is -0.324. The summed E-state index contributed by atoms with van der Waals surface area (Å²) in [6, 6.07) is 7.72. The minimum Gasteiger partial charge on any atom is -0.484 e. The third kappa shape index (κ3) is 4.28. The first-order valence-corrected chi connectivity index (χ1v) is 7.19. The molecule has 7 heteroatoms. The quantitative estimate of drug-likeness (QED) is 0.913. The normalized spacial score (nSPS) is 11.3. The number of aromatic nitrogens is 4. The molecular formula is C15H21N5O2. The van der Waals surface area contributed by atoms with Crippen molar-refractivity contribution in [2.75, 3.05) is 11.9 Å². The summed E-state index contributed by atoms with van der Waals surface area (Å²) in [6.07, 6.45) is 0. The maximum absolute atomic E-state index is 11.8. The molecule has 0 radical (unpaired) electrons. The van der Waals surface area contributed by atoms with Crippen LogP contribution in [-0.2, 0) is 16.8 Å². The zero-order valence-electron chi connectivity index (χ0n) is 13.3. The lowest BCUT2D eigenvalue weighted by molar-refractivity contribution is -0.118. The molecule has 0 saturated carbocycles. The fraction of sp³-hybridized carbons (Fsp3) is 0.467. The first-order valence-electron chi connectivity index (χ1n) is 7.19. The second-order valence-corrected chi connectivity index (χ2v) is 5.91. The number of anilines is 1. The first kappa shape index (κ1) is 15.9. The van der Waals surface area contributed by atoms with Crippen molar-refractivity contribution in [1.29, 1.82) is 0 Å². The minimum absolute atomic E-state index is 0.0900. The Morgan fingerprint density at radius 2 is 1.95 bits per heavy atom. The van der Waals surface area contributed by atoms with Crippen LogP contribution in [0.25, 0.3) is 0 Å². The van der Waals surface area contributed by atoms with E-state index in [1.54, 1.807) is 0 Å². The van der Waals surface area contributed by atoms with Crippen molar-refractivity contribution in [2.24, 2.45) is 0 Å². The lowest BCUT2D eigenvalue weighted by Crippen LogP contribution is -2.21.